The molecule has 286 valence electrons. The Balaban J connectivity index is 1.11. The van der Waals surface area contributed by atoms with Gasteiger partial charge in [0.1, 0.15) is 11.1 Å². The van der Waals surface area contributed by atoms with Crippen LogP contribution in [0.3, 0.4) is 0 Å². The quantitative estimate of drug-likeness (QED) is 0.167. The molecule has 6 nitrogen and oxygen atoms in total. The third-order valence-corrected chi connectivity index (χ3v) is 12.4. The molecule has 0 amide bonds. The van der Waals surface area contributed by atoms with Crippen molar-refractivity contribution in [2.45, 2.75) is 66.2 Å². The van der Waals surface area contributed by atoms with Crippen molar-refractivity contribution in [3.8, 4) is 0 Å². The Morgan fingerprint density at radius 3 is 1.14 bits per heavy atom. The van der Waals surface area contributed by atoms with Gasteiger partial charge >= 0.3 is 11.9 Å². The molecule has 6 aromatic carbocycles. The summed E-state index contributed by atoms with van der Waals surface area (Å²) < 4.78 is 12.1. The zero-order valence-corrected chi connectivity index (χ0v) is 34.1. The number of anilines is 6. The lowest BCUT2D eigenvalue weighted by Crippen LogP contribution is -2.31. The average Bonchev–Trinajstić information content (AvgIpc) is 3.66. The summed E-state index contributed by atoms with van der Waals surface area (Å²) in [4.78, 5) is 32.5. The Kier molecular flexibility index (Phi) is 7.65. The van der Waals surface area contributed by atoms with Gasteiger partial charge in [0.25, 0.3) is 0 Å². The van der Waals surface area contributed by atoms with Crippen LogP contribution in [0.5, 0.6) is 0 Å². The van der Waals surface area contributed by atoms with Gasteiger partial charge < -0.3 is 19.3 Å². The predicted octanol–water partition coefficient (Wildman–Crippen LogP) is 12.4. The number of esters is 2. The summed E-state index contributed by atoms with van der Waals surface area (Å²) in [5, 5.41) is 0. The van der Waals surface area contributed by atoms with Gasteiger partial charge in [0, 0.05) is 22.2 Å². The number of hydrogen-bond donors (Lipinski definition) is 0. The Bertz CT molecular complexity index is 2650. The van der Waals surface area contributed by atoms with Gasteiger partial charge in [0.05, 0.1) is 22.7 Å². The first-order valence-electron chi connectivity index (χ1n) is 19.9. The fourth-order valence-corrected chi connectivity index (χ4v) is 9.83. The number of benzene rings is 6. The minimum absolute atomic E-state index is 0.171. The summed E-state index contributed by atoms with van der Waals surface area (Å²) in [6.07, 6.45) is 0. The van der Waals surface area contributed by atoms with Crippen molar-refractivity contribution < 1.29 is 19.1 Å². The van der Waals surface area contributed by atoms with Crippen LogP contribution in [0.15, 0.2) is 133 Å². The minimum atomic E-state index is -0.539. The minimum Gasteiger partial charge on any atom is -0.418 e. The molecular formula is C52H44N2O4. The van der Waals surface area contributed by atoms with Crippen LogP contribution in [0.4, 0.5) is 34.1 Å². The maximum Gasteiger partial charge on any atom is 0.348 e. The molecule has 0 atom stereocenters. The molecule has 0 saturated heterocycles. The highest BCUT2D eigenvalue weighted by atomic mass is 16.6. The standard InChI is InChI=1S/C52H44N2O4/c1-29-21-30(2)24-35(23-29)53-41-15-11-9-13-37(41)51(5,6)39-27-33(17-19-43(39)53)45-47-48(58-49(45)55)46(50(56)57-47)34-18-20-44-40(28-34)52(7,8)38-14-10-12-16-42(38)54(44)36-25-31(3)22-32(4)26-36/h9-28H,1-8H3. The lowest BCUT2D eigenvalue weighted by molar-refractivity contribution is -0.131. The van der Waals surface area contributed by atoms with Gasteiger partial charge in [-0.2, -0.15) is 0 Å². The number of aryl methyl sites for hydroxylation is 4. The highest BCUT2D eigenvalue weighted by Gasteiger charge is 2.46. The van der Waals surface area contributed by atoms with E-state index in [1.165, 1.54) is 33.4 Å². The van der Waals surface area contributed by atoms with E-state index in [2.05, 4.69) is 174 Å². The zero-order chi connectivity index (χ0) is 40.4. The summed E-state index contributed by atoms with van der Waals surface area (Å²) >= 11 is 0. The fraction of sp³-hybridized carbons (Fsp3) is 0.192. The van der Waals surface area contributed by atoms with Crippen LogP contribution in [-0.4, -0.2) is 11.9 Å². The van der Waals surface area contributed by atoms with E-state index in [9.17, 15) is 9.59 Å². The predicted molar refractivity (Wildman–Crippen MR) is 231 cm³/mol. The molecule has 0 fully saturated rings. The van der Waals surface area contributed by atoms with Gasteiger partial charge in [-0.15, -0.1) is 0 Å². The van der Waals surface area contributed by atoms with Crippen molar-refractivity contribution in [3.63, 3.8) is 0 Å². The van der Waals surface area contributed by atoms with Crippen LogP contribution >= 0.6 is 0 Å². The van der Waals surface area contributed by atoms with Gasteiger partial charge in [-0.05, 0) is 144 Å². The van der Waals surface area contributed by atoms with Gasteiger partial charge in [-0.3, -0.25) is 0 Å². The molecule has 6 aromatic rings. The highest BCUT2D eigenvalue weighted by molar-refractivity contribution is 6.29. The molecule has 0 aliphatic carbocycles. The van der Waals surface area contributed by atoms with Crippen molar-refractivity contribution in [1.82, 2.24) is 0 Å². The summed E-state index contributed by atoms with van der Waals surface area (Å²) in [6, 6.07) is 42.4. The molecule has 4 aliphatic rings. The molecular weight excluding hydrogens is 717 g/mol. The Labute approximate surface area is 339 Å². The van der Waals surface area contributed by atoms with Crippen molar-refractivity contribution in [1.29, 1.82) is 0 Å². The fourth-order valence-electron chi connectivity index (χ4n) is 9.83. The molecule has 0 bridgehead atoms. The lowest BCUT2D eigenvalue weighted by atomic mass is 9.72. The van der Waals surface area contributed by atoms with Crippen molar-refractivity contribution in [2.75, 3.05) is 9.80 Å². The summed E-state index contributed by atoms with van der Waals surface area (Å²) in [7, 11) is 0. The molecule has 0 N–H and O–H groups in total. The third-order valence-electron chi connectivity index (χ3n) is 12.4. The second-order valence-corrected chi connectivity index (χ2v) is 17.3. The SMILES string of the molecule is Cc1cc(C)cc(N2c3ccccc3C(C)(C)c3cc(C4=C5OC(=O)C(c6ccc7c(c6)C(C)(C)c6ccccc6N7c6cc(C)cc(C)c6)=C5OC4=O)ccc32)c1. The van der Waals surface area contributed by atoms with Crippen LogP contribution in [0, 0.1) is 27.7 Å². The van der Waals surface area contributed by atoms with E-state index in [0.29, 0.717) is 11.1 Å². The largest absolute Gasteiger partial charge is 0.418 e. The maximum atomic E-state index is 14.0. The number of carbonyl (C=O) groups is 2. The van der Waals surface area contributed by atoms with Crippen LogP contribution in [0.25, 0.3) is 11.1 Å². The number of fused-ring (bicyclic) bond motifs is 5. The van der Waals surface area contributed by atoms with Crippen molar-refractivity contribution in [3.05, 3.63) is 188 Å². The number of ether oxygens (including phenoxy) is 2. The molecule has 58 heavy (non-hydrogen) atoms. The van der Waals surface area contributed by atoms with Crippen LogP contribution < -0.4 is 9.80 Å². The van der Waals surface area contributed by atoms with E-state index in [1.54, 1.807) is 0 Å². The molecule has 10 rings (SSSR count). The second-order valence-electron chi connectivity index (χ2n) is 17.3. The number of para-hydroxylation sites is 2. The zero-order valence-electron chi connectivity index (χ0n) is 34.1. The molecule has 0 spiro atoms. The molecule has 4 aliphatic heterocycles. The third kappa shape index (κ3) is 5.17. The van der Waals surface area contributed by atoms with E-state index >= 15 is 0 Å². The van der Waals surface area contributed by atoms with E-state index in [4.69, 9.17) is 9.47 Å². The number of nitrogens with zero attached hydrogens (tertiary/aromatic N) is 2. The first-order valence-corrected chi connectivity index (χ1v) is 19.9. The number of carbonyl (C=O) groups excluding carboxylic acids is 2. The van der Waals surface area contributed by atoms with E-state index in [1.807, 2.05) is 12.1 Å². The Morgan fingerprint density at radius 1 is 0.414 bits per heavy atom. The molecule has 0 saturated carbocycles. The highest BCUT2D eigenvalue weighted by Crippen LogP contribution is 2.55. The summed E-state index contributed by atoms with van der Waals surface area (Å²) in [6.45, 7) is 17.3. The van der Waals surface area contributed by atoms with E-state index in [0.717, 1.165) is 45.3 Å². The monoisotopic (exact) mass is 760 g/mol. The first kappa shape index (κ1) is 35.7. The topological polar surface area (TPSA) is 59.1 Å². The van der Waals surface area contributed by atoms with Gasteiger partial charge in [-0.25, -0.2) is 9.59 Å². The molecule has 0 aromatic heterocycles. The number of rotatable bonds is 4. The Morgan fingerprint density at radius 2 is 0.759 bits per heavy atom. The van der Waals surface area contributed by atoms with Crippen molar-refractivity contribution in [2.24, 2.45) is 0 Å². The van der Waals surface area contributed by atoms with Gasteiger partial charge in [0.2, 0.25) is 0 Å². The van der Waals surface area contributed by atoms with Crippen molar-refractivity contribution >= 4 is 57.2 Å². The number of hydrogen-bond acceptors (Lipinski definition) is 6. The van der Waals surface area contributed by atoms with Crippen LogP contribution in [-0.2, 0) is 29.9 Å². The summed E-state index contributed by atoms with van der Waals surface area (Å²) in [5.74, 6) is -0.736. The van der Waals surface area contributed by atoms with Gasteiger partial charge in [-0.1, -0.05) is 88.4 Å². The normalized spacial score (nSPS) is 17.0. The van der Waals surface area contributed by atoms with Crippen LogP contribution in [0.1, 0.15) is 83.3 Å². The molecule has 6 heteroatoms. The van der Waals surface area contributed by atoms with E-state index < -0.39 is 22.8 Å². The smallest absolute Gasteiger partial charge is 0.348 e. The van der Waals surface area contributed by atoms with Gasteiger partial charge in [0.15, 0.2) is 11.5 Å². The average molecular weight is 761 g/mol. The second kappa shape index (κ2) is 12.4. The lowest BCUT2D eigenvalue weighted by Gasteiger charge is -2.42. The first-order chi connectivity index (χ1) is 27.7. The van der Waals surface area contributed by atoms with E-state index in [-0.39, 0.29) is 22.7 Å². The molecule has 0 radical (unpaired) electrons. The maximum absolute atomic E-state index is 14.0. The Hall–Kier alpha value is -6.66. The molecule has 4 heterocycles. The van der Waals surface area contributed by atoms with Crippen LogP contribution in [0.2, 0.25) is 0 Å². The molecule has 0 unspecified atom stereocenters. The summed E-state index contributed by atoms with van der Waals surface area (Å²) in [5.41, 5.74) is 16.6.